The number of benzene rings is 1. The Balaban J connectivity index is 2.21. The lowest BCUT2D eigenvalue weighted by Gasteiger charge is -2.34. The van der Waals surface area contributed by atoms with Crippen LogP contribution >= 0.6 is 0 Å². The number of aromatic hydroxyl groups is 1. The zero-order valence-corrected chi connectivity index (χ0v) is 9.67. The van der Waals surface area contributed by atoms with Crippen molar-refractivity contribution in [2.24, 2.45) is 0 Å². The van der Waals surface area contributed by atoms with E-state index in [2.05, 4.69) is 0 Å². The van der Waals surface area contributed by atoms with Crippen LogP contribution in [0.25, 0.3) is 0 Å². The standard InChI is InChI=1S/C13H17NO3/c15-9-10-5-3-4-8-14(10)13(17)11-6-1-2-7-12(11)16/h1-2,6-7,10,15-16H,3-5,8-9H2. The molecule has 1 atom stereocenters. The summed E-state index contributed by atoms with van der Waals surface area (Å²) in [4.78, 5) is 13.9. The molecule has 17 heavy (non-hydrogen) atoms. The minimum atomic E-state index is -0.193. The molecule has 2 rings (SSSR count). The molecule has 1 saturated heterocycles. The predicted molar refractivity (Wildman–Crippen MR) is 63.9 cm³/mol. The van der Waals surface area contributed by atoms with Gasteiger partial charge in [-0.1, -0.05) is 12.1 Å². The number of aliphatic hydroxyl groups is 1. The average molecular weight is 235 g/mol. The van der Waals surface area contributed by atoms with E-state index >= 15 is 0 Å². The van der Waals surface area contributed by atoms with Gasteiger partial charge in [0.1, 0.15) is 5.75 Å². The van der Waals surface area contributed by atoms with E-state index in [4.69, 9.17) is 0 Å². The van der Waals surface area contributed by atoms with Crippen molar-refractivity contribution >= 4 is 5.91 Å². The van der Waals surface area contributed by atoms with E-state index in [9.17, 15) is 15.0 Å². The fraction of sp³-hybridized carbons (Fsp3) is 0.462. The third-order valence-corrected chi connectivity index (χ3v) is 3.23. The minimum Gasteiger partial charge on any atom is -0.507 e. The Labute approximate surface area is 100 Å². The van der Waals surface area contributed by atoms with Crippen LogP contribution in [0.4, 0.5) is 0 Å². The monoisotopic (exact) mass is 235 g/mol. The fourth-order valence-electron chi connectivity index (χ4n) is 2.27. The smallest absolute Gasteiger partial charge is 0.257 e. The van der Waals surface area contributed by atoms with E-state index in [-0.39, 0.29) is 24.3 Å². The number of piperidine rings is 1. The van der Waals surface area contributed by atoms with E-state index in [1.54, 1.807) is 23.1 Å². The largest absolute Gasteiger partial charge is 0.507 e. The Morgan fingerprint density at radius 1 is 1.35 bits per heavy atom. The summed E-state index contributed by atoms with van der Waals surface area (Å²) in [5.41, 5.74) is 0.313. The number of amides is 1. The molecule has 4 heteroatoms. The van der Waals surface area contributed by atoms with Crippen molar-refractivity contribution in [1.29, 1.82) is 0 Å². The Morgan fingerprint density at radius 2 is 2.12 bits per heavy atom. The van der Waals surface area contributed by atoms with Crippen LogP contribution in [0.3, 0.4) is 0 Å². The molecule has 1 heterocycles. The molecule has 1 fully saturated rings. The molecule has 1 aromatic carbocycles. The van der Waals surface area contributed by atoms with Crippen LogP contribution in [-0.4, -0.2) is 40.2 Å². The van der Waals surface area contributed by atoms with Crippen molar-refractivity contribution in [3.63, 3.8) is 0 Å². The SMILES string of the molecule is O=C(c1ccccc1O)N1CCCCC1CO. The van der Waals surface area contributed by atoms with Gasteiger partial charge in [-0.2, -0.15) is 0 Å². The van der Waals surface area contributed by atoms with Gasteiger partial charge in [0.25, 0.3) is 5.91 Å². The van der Waals surface area contributed by atoms with Gasteiger partial charge in [-0.25, -0.2) is 0 Å². The number of aliphatic hydroxyl groups excluding tert-OH is 1. The summed E-state index contributed by atoms with van der Waals surface area (Å²) in [7, 11) is 0. The summed E-state index contributed by atoms with van der Waals surface area (Å²) < 4.78 is 0. The van der Waals surface area contributed by atoms with E-state index < -0.39 is 0 Å². The first kappa shape index (κ1) is 11.9. The van der Waals surface area contributed by atoms with Crippen molar-refractivity contribution in [2.75, 3.05) is 13.2 Å². The predicted octanol–water partition coefficient (Wildman–Crippen LogP) is 1.38. The molecule has 0 spiro atoms. The number of likely N-dealkylation sites (tertiary alicyclic amines) is 1. The molecule has 92 valence electrons. The van der Waals surface area contributed by atoms with Gasteiger partial charge in [0.15, 0.2) is 0 Å². The molecule has 1 amide bonds. The van der Waals surface area contributed by atoms with Crippen LogP contribution in [0.2, 0.25) is 0 Å². The number of carbonyl (C=O) groups is 1. The molecule has 1 unspecified atom stereocenters. The van der Waals surface area contributed by atoms with Crippen molar-refractivity contribution in [3.05, 3.63) is 29.8 Å². The topological polar surface area (TPSA) is 60.8 Å². The minimum absolute atomic E-state index is 0.000219. The Morgan fingerprint density at radius 3 is 2.82 bits per heavy atom. The molecule has 1 aromatic rings. The lowest BCUT2D eigenvalue weighted by atomic mass is 10.0. The second-order valence-corrected chi connectivity index (χ2v) is 4.35. The van der Waals surface area contributed by atoms with Gasteiger partial charge in [0, 0.05) is 6.54 Å². The van der Waals surface area contributed by atoms with Crippen LogP contribution < -0.4 is 0 Å². The van der Waals surface area contributed by atoms with Crippen LogP contribution in [0.5, 0.6) is 5.75 Å². The van der Waals surface area contributed by atoms with E-state index in [1.807, 2.05) is 0 Å². The molecule has 0 bridgehead atoms. The first-order valence-corrected chi connectivity index (χ1v) is 5.94. The second kappa shape index (κ2) is 5.19. The highest BCUT2D eigenvalue weighted by Gasteiger charge is 2.27. The van der Waals surface area contributed by atoms with Crippen LogP contribution in [0.15, 0.2) is 24.3 Å². The maximum absolute atomic E-state index is 12.2. The molecule has 4 nitrogen and oxygen atoms in total. The van der Waals surface area contributed by atoms with Crippen LogP contribution in [0, 0.1) is 0 Å². The van der Waals surface area contributed by atoms with Crippen LogP contribution in [0.1, 0.15) is 29.6 Å². The van der Waals surface area contributed by atoms with Crippen LogP contribution in [-0.2, 0) is 0 Å². The maximum atomic E-state index is 12.2. The number of hydrogen-bond acceptors (Lipinski definition) is 3. The summed E-state index contributed by atoms with van der Waals surface area (Å²) in [6, 6.07) is 6.42. The van der Waals surface area contributed by atoms with Crippen molar-refractivity contribution in [2.45, 2.75) is 25.3 Å². The highest BCUT2D eigenvalue weighted by Crippen LogP contribution is 2.23. The number of carbonyl (C=O) groups excluding carboxylic acids is 1. The van der Waals surface area contributed by atoms with Gasteiger partial charge in [-0.05, 0) is 31.4 Å². The van der Waals surface area contributed by atoms with Gasteiger partial charge in [0.2, 0.25) is 0 Å². The number of rotatable bonds is 2. The third kappa shape index (κ3) is 2.42. The Bertz CT molecular complexity index is 405. The van der Waals surface area contributed by atoms with Gasteiger partial charge in [-0.15, -0.1) is 0 Å². The van der Waals surface area contributed by atoms with Gasteiger partial charge in [-0.3, -0.25) is 4.79 Å². The van der Waals surface area contributed by atoms with E-state index in [1.165, 1.54) is 6.07 Å². The Kier molecular flexibility index (Phi) is 3.64. The number of phenols is 1. The molecule has 2 N–H and O–H groups in total. The molecular weight excluding hydrogens is 218 g/mol. The highest BCUT2D eigenvalue weighted by atomic mass is 16.3. The number of para-hydroxylation sites is 1. The summed E-state index contributed by atoms with van der Waals surface area (Å²) in [6.45, 7) is 0.637. The summed E-state index contributed by atoms with van der Waals surface area (Å²) in [5, 5.41) is 18.9. The second-order valence-electron chi connectivity index (χ2n) is 4.35. The fourth-order valence-corrected chi connectivity index (χ4v) is 2.27. The molecule has 1 aliphatic rings. The van der Waals surface area contributed by atoms with Gasteiger partial charge < -0.3 is 15.1 Å². The maximum Gasteiger partial charge on any atom is 0.257 e. The lowest BCUT2D eigenvalue weighted by Crippen LogP contribution is -2.45. The number of hydrogen-bond donors (Lipinski definition) is 2. The average Bonchev–Trinajstić information content (AvgIpc) is 2.38. The van der Waals surface area contributed by atoms with Crippen molar-refractivity contribution in [1.82, 2.24) is 4.90 Å². The zero-order chi connectivity index (χ0) is 12.3. The molecular formula is C13H17NO3. The van der Waals surface area contributed by atoms with Gasteiger partial charge in [0.05, 0.1) is 18.2 Å². The summed E-state index contributed by atoms with van der Waals surface area (Å²) >= 11 is 0. The molecule has 0 aromatic heterocycles. The first-order chi connectivity index (χ1) is 8.24. The highest BCUT2D eigenvalue weighted by molar-refractivity contribution is 5.97. The molecule has 0 saturated carbocycles. The summed E-state index contributed by atoms with van der Waals surface area (Å²) in [6.07, 6.45) is 2.82. The molecule has 0 aliphatic carbocycles. The lowest BCUT2D eigenvalue weighted by molar-refractivity contribution is 0.0500. The molecule has 0 radical (unpaired) electrons. The summed E-state index contributed by atoms with van der Waals surface area (Å²) in [5.74, 6) is -0.193. The van der Waals surface area contributed by atoms with E-state index in [0.29, 0.717) is 12.1 Å². The number of phenolic OH excluding ortho intramolecular Hbond substituents is 1. The van der Waals surface area contributed by atoms with Crippen molar-refractivity contribution < 1.29 is 15.0 Å². The quantitative estimate of drug-likeness (QED) is 0.814. The zero-order valence-electron chi connectivity index (χ0n) is 9.67. The van der Waals surface area contributed by atoms with Gasteiger partial charge >= 0.3 is 0 Å². The number of nitrogens with zero attached hydrogens (tertiary/aromatic N) is 1. The van der Waals surface area contributed by atoms with E-state index in [0.717, 1.165) is 19.3 Å². The third-order valence-electron chi connectivity index (χ3n) is 3.23. The Hall–Kier alpha value is -1.55. The first-order valence-electron chi connectivity index (χ1n) is 5.94. The van der Waals surface area contributed by atoms with Crippen molar-refractivity contribution in [3.8, 4) is 5.75 Å². The molecule has 1 aliphatic heterocycles. The normalized spacial score (nSPS) is 20.3.